The normalized spacial score (nSPS) is 11.5. The average Bonchev–Trinajstić information content (AvgIpc) is 3.53. The van der Waals surface area contributed by atoms with E-state index in [0.29, 0.717) is 0 Å². The van der Waals surface area contributed by atoms with E-state index in [9.17, 15) is 0 Å². The molecule has 0 aliphatic carbocycles. The maximum absolute atomic E-state index is 2.39. The Hall–Kier alpha value is -4.06. The first-order valence-electron chi connectivity index (χ1n) is 15.0. The third kappa shape index (κ3) is 4.63. The number of aryl methyl sites for hydroxylation is 4. The van der Waals surface area contributed by atoms with E-state index in [-0.39, 0.29) is 26.2 Å². The minimum Gasteiger partial charge on any atom is -0.150 e. The van der Waals surface area contributed by atoms with Gasteiger partial charge >= 0.3 is 26.2 Å². The number of rotatable bonds is 5. The molecule has 0 nitrogen and oxygen atoms in total. The van der Waals surface area contributed by atoms with Gasteiger partial charge in [-0.05, 0) is 32.7 Å². The first-order chi connectivity index (χ1) is 20.7. The van der Waals surface area contributed by atoms with E-state index in [0.717, 1.165) is 12.8 Å². The molecule has 0 atom stereocenters. The smallest absolute Gasteiger partial charge is 0.150 e. The van der Waals surface area contributed by atoms with Gasteiger partial charge in [0.05, 0.1) is 0 Å². The van der Waals surface area contributed by atoms with Gasteiger partial charge in [-0.1, -0.05) is 135 Å². The van der Waals surface area contributed by atoms with E-state index in [4.69, 9.17) is 0 Å². The van der Waals surface area contributed by atoms with E-state index in [1.54, 1.807) is 0 Å². The van der Waals surface area contributed by atoms with E-state index in [2.05, 4.69) is 147 Å². The first kappa shape index (κ1) is 27.8. The van der Waals surface area contributed by atoms with Crippen LogP contribution in [0.4, 0.5) is 0 Å². The Kier molecular flexibility index (Phi) is 7.24. The van der Waals surface area contributed by atoms with Crippen LogP contribution in [0.2, 0.25) is 0 Å². The first-order valence-corrected chi connectivity index (χ1v) is 15.0. The molecule has 0 aromatic heterocycles. The molecule has 43 heavy (non-hydrogen) atoms. The van der Waals surface area contributed by atoms with Crippen LogP contribution in [0.3, 0.4) is 0 Å². The molecule has 0 spiro atoms. The van der Waals surface area contributed by atoms with Crippen molar-refractivity contribution < 1.29 is 26.2 Å². The molecular weight excluding hydrogens is 596 g/mol. The topological polar surface area (TPSA) is 0 Å². The van der Waals surface area contributed by atoms with Crippen molar-refractivity contribution in [3.63, 3.8) is 0 Å². The van der Waals surface area contributed by atoms with Crippen LogP contribution in [-0.4, -0.2) is 0 Å². The fraction of sp³-hybridized carbons (Fsp3) is 0.0952. The standard InChI is InChI=1S/C42H32.Zr/c1-27-25-31-15-9-21-39(37-19-7-13-29-11-3-5-17-35(29)37)41(31)33(27)23-24-34-28(2)26-32-16-10-22-40(42(32)34)38-20-8-14-30-12-4-6-18-36(30)38;/h3-22,25-26H,23-24H2,1-2H3;/q-2;+2. The van der Waals surface area contributed by atoms with Crippen molar-refractivity contribution >= 4 is 43.1 Å². The Balaban J connectivity index is 0.00000300. The van der Waals surface area contributed by atoms with E-state index in [1.165, 1.54) is 87.6 Å². The third-order valence-electron chi connectivity index (χ3n) is 9.28. The summed E-state index contributed by atoms with van der Waals surface area (Å²) >= 11 is 0. The molecule has 0 saturated heterocycles. The average molecular weight is 628 g/mol. The third-order valence-corrected chi connectivity index (χ3v) is 9.28. The zero-order valence-corrected chi connectivity index (χ0v) is 27.1. The molecule has 0 heterocycles. The number of benzene rings is 6. The fourth-order valence-electron chi connectivity index (χ4n) is 7.35. The Labute approximate surface area is 272 Å². The van der Waals surface area contributed by atoms with Crippen molar-refractivity contribution in [1.29, 1.82) is 0 Å². The zero-order chi connectivity index (χ0) is 28.2. The molecule has 0 saturated carbocycles. The van der Waals surface area contributed by atoms with Gasteiger partial charge in [0.25, 0.3) is 0 Å². The number of hydrogen-bond acceptors (Lipinski definition) is 0. The van der Waals surface area contributed by atoms with Gasteiger partial charge in [0.1, 0.15) is 0 Å². The van der Waals surface area contributed by atoms with Crippen LogP contribution in [0.5, 0.6) is 0 Å². The fourth-order valence-corrected chi connectivity index (χ4v) is 7.35. The summed E-state index contributed by atoms with van der Waals surface area (Å²) in [4.78, 5) is 0. The van der Waals surface area contributed by atoms with Gasteiger partial charge in [0.15, 0.2) is 0 Å². The van der Waals surface area contributed by atoms with Crippen LogP contribution in [0.15, 0.2) is 133 Å². The zero-order valence-electron chi connectivity index (χ0n) is 24.6. The summed E-state index contributed by atoms with van der Waals surface area (Å²) in [5, 5.41) is 10.7. The molecule has 0 N–H and O–H groups in total. The van der Waals surface area contributed by atoms with Crippen molar-refractivity contribution in [2.75, 3.05) is 0 Å². The predicted molar refractivity (Wildman–Crippen MR) is 182 cm³/mol. The van der Waals surface area contributed by atoms with Crippen molar-refractivity contribution in [3.8, 4) is 22.3 Å². The molecule has 8 rings (SSSR count). The molecule has 0 amide bonds. The van der Waals surface area contributed by atoms with E-state index < -0.39 is 0 Å². The minimum atomic E-state index is 0. The Bertz CT molecular complexity index is 2100. The molecule has 8 aromatic rings. The van der Waals surface area contributed by atoms with Crippen LogP contribution in [-0.2, 0) is 39.0 Å². The molecule has 0 bridgehead atoms. The van der Waals surface area contributed by atoms with Crippen molar-refractivity contribution in [3.05, 3.63) is 156 Å². The van der Waals surface area contributed by atoms with Gasteiger partial charge in [-0.2, -0.15) is 11.1 Å². The van der Waals surface area contributed by atoms with Crippen molar-refractivity contribution in [2.45, 2.75) is 26.7 Å². The Morgan fingerprint density at radius 3 is 1.26 bits per heavy atom. The van der Waals surface area contributed by atoms with Crippen LogP contribution >= 0.6 is 0 Å². The molecule has 0 aliphatic heterocycles. The molecule has 204 valence electrons. The van der Waals surface area contributed by atoms with Crippen LogP contribution in [0, 0.1) is 13.8 Å². The minimum absolute atomic E-state index is 0. The van der Waals surface area contributed by atoms with Gasteiger partial charge < -0.3 is 0 Å². The van der Waals surface area contributed by atoms with Gasteiger partial charge in [0, 0.05) is 0 Å². The second kappa shape index (κ2) is 11.2. The summed E-state index contributed by atoms with van der Waals surface area (Å²) in [6, 6.07) is 49.3. The van der Waals surface area contributed by atoms with Gasteiger partial charge in [-0.3, -0.25) is 0 Å². The Morgan fingerprint density at radius 2 is 0.791 bits per heavy atom. The second-order valence-electron chi connectivity index (χ2n) is 11.7. The monoisotopic (exact) mass is 626 g/mol. The maximum atomic E-state index is 2.39. The molecule has 0 aliphatic rings. The quantitative estimate of drug-likeness (QED) is 0.167. The van der Waals surface area contributed by atoms with E-state index >= 15 is 0 Å². The van der Waals surface area contributed by atoms with Crippen LogP contribution in [0.25, 0.3) is 65.3 Å². The summed E-state index contributed by atoms with van der Waals surface area (Å²) in [6.07, 6.45) is 2.03. The molecule has 1 heteroatoms. The summed E-state index contributed by atoms with van der Waals surface area (Å²) in [6.45, 7) is 4.58. The Morgan fingerprint density at radius 1 is 0.419 bits per heavy atom. The molecule has 0 radical (unpaired) electrons. The molecule has 0 fully saturated rings. The summed E-state index contributed by atoms with van der Waals surface area (Å²) < 4.78 is 0. The SMILES string of the molecule is Cc1[cH-]c2cccc(-c3cccc4ccccc34)c2c1CCc1c(C)[cH-]c2cccc(-c3cccc4ccccc34)c12.[Zr+2]. The summed E-state index contributed by atoms with van der Waals surface area (Å²) in [5.74, 6) is 0. The largest absolute Gasteiger partial charge is 2.00 e. The summed E-state index contributed by atoms with van der Waals surface area (Å²) in [5.41, 5.74) is 11.1. The van der Waals surface area contributed by atoms with Gasteiger partial charge in [-0.15, -0.1) is 69.1 Å². The number of fused-ring (bicyclic) bond motifs is 4. The van der Waals surface area contributed by atoms with Crippen LogP contribution in [0.1, 0.15) is 22.3 Å². The van der Waals surface area contributed by atoms with Crippen molar-refractivity contribution in [2.24, 2.45) is 0 Å². The van der Waals surface area contributed by atoms with Crippen molar-refractivity contribution in [1.82, 2.24) is 0 Å². The molecular formula is C42H32Zr. The molecule has 0 unspecified atom stereocenters. The molecule has 8 aromatic carbocycles. The number of hydrogen-bond donors (Lipinski definition) is 0. The van der Waals surface area contributed by atoms with Gasteiger partial charge in [0.2, 0.25) is 0 Å². The van der Waals surface area contributed by atoms with Crippen LogP contribution < -0.4 is 0 Å². The second-order valence-corrected chi connectivity index (χ2v) is 11.7. The maximum Gasteiger partial charge on any atom is 2.00 e. The predicted octanol–water partition coefficient (Wildman–Crippen LogP) is 11.5. The van der Waals surface area contributed by atoms with E-state index in [1.807, 2.05) is 0 Å². The summed E-state index contributed by atoms with van der Waals surface area (Å²) in [7, 11) is 0. The van der Waals surface area contributed by atoms with Gasteiger partial charge in [-0.25, -0.2) is 0 Å².